The summed E-state index contributed by atoms with van der Waals surface area (Å²) in [5.74, 6) is -0.719. The second-order valence-electron chi connectivity index (χ2n) is 5.03. The molecule has 1 aromatic carbocycles. The molecule has 0 saturated carbocycles. The molecule has 108 valence electrons. The molecule has 1 amide bonds. The summed E-state index contributed by atoms with van der Waals surface area (Å²) >= 11 is 0. The van der Waals surface area contributed by atoms with Gasteiger partial charge in [-0.05, 0) is 24.0 Å². The highest BCUT2D eigenvalue weighted by atomic mass is 16.4. The zero-order valence-electron chi connectivity index (χ0n) is 11.5. The molecule has 0 spiro atoms. The minimum Gasteiger partial charge on any atom is -0.481 e. The number of rotatable bonds is 6. The van der Waals surface area contributed by atoms with Gasteiger partial charge in [-0.3, -0.25) is 9.59 Å². The van der Waals surface area contributed by atoms with Gasteiger partial charge in [-0.15, -0.1) is 0 Å². The van der Waals surface area contributed by atoms with Crippen LogP contribution < -0.4 is 5.32 Å². The molecule has 5 heteroatoms. The first-order valence-electron chi connectivity index (χ1n) is 6.94. The molecule has 2 N–H and O–H groups in total. The molecule has 0 unspecified atom stereocenters. The third-order valence-electron chi connectivity index (χ3n) is 3.51. The monoisotopic (exact) mass is 276 g/mol. The minimum absolute atomic E-state index is 0.0118. The summed E-state index contributed by atoms with van der Waals surface area (Å²) in [5, 5.41) is 12.0. The second kappa shape index (κ2) is 7.05. The number of hydrogen-bond donors (Lipinski definition) is 2. The zero-order valence-corrected chi connectivity index (χ0v) is 11.5. The van der Waals surface area contributed by atoms with Crippen LogP contribution in [-0.4, -0.2) is 41.5 Å². The number of hydrogen-bond acceptors (Lipinski definition) is 3. The highest BCUT2D eigenvalue weighted by molar-refractivity contribution is 5.78. The van der Waals surface area contributed by atoms with Gasteiger partial charge in [0.15, 0.2) is 0 Å². The van der Waals surface area contributed by atoms with E-state index in [1.54, 1.807) is 0 Å². The van der Waals surface area contributed by atoms with Crippen LogP contribution in [0.5, 0.6) is 0 Å². The van der Waals surface area contributed by atoms with E-state index in [-0.39, 0.29) is 12.3 Å². The van der Waals surface area contributed by atoms with Gasteiger partial charge in [0.25, 0.3) is 0 Å². The highest BCUT2D eigenvalue weighted by Gasteiger charge is 2.17. The molecule has 5 nitrogen and oxygen atoms in total. The molecule has 2 rings (SSSR count). The highest BCUT2D eigenvalue weighted by Crippen LogP contribution is 2.10. The maximum atomic E-state index is 11.9. The Morgan fingerprint density at radius 2 is 1.80 bits per heavy atom. The summed E-state index contributed by atoms with van der Waals surface area (Å²) in [7, 11) is 0. The lowest BCUT2D eigenvalue weighted by Gasteiger charge is -2.16. The predicted molar refractivity (Wildman–Crippen MR) is 75.3 cm³/mol. The van der Waals surface area contributed by atoms with Crippen molar-refractivity contribution >= 4 is 11.9 Å². The summed E-state index contributed by atoms with van der Waals surface area (Å²) in [6.07, 6.45) is 2.19. The lowest BCUT2D eigenvalue weighted by molar-refractivity contribution is -0.136. The average molecular weight is 276 g/mol. The van der Waals surface area contributed by atoms with Crippen molar-refractivity contribution in [2.75, 3.05) is 19.6 Å². The van der Waals surface area contributed by atoms with Crippen molar-refractivity contribution in [1.82, 2.24) is 10.2 Å². The van der Waals surface area contributed by atoms with E-state index in [1.807, 2.05) is 29.2 Å². The van der Waals surface area contributed by atoms with Gasteiger partial charge in [0.05, 0.1) is 13.0 Å². The van der Waals surface area contributed by atoms with Crippen molar-refractivity contribution in [2.45, 2.75) is 25.8 Å². The number of carbonyl (C=O) groups is 2. The first-order valence-corrected chi connectivity index (χ1v) is 6.94. The standard InChI is InChI=1S/C15H20N2O3/c18-14(17-7-3-4-8-17)11-16-10-13-6-2-1-5-12(13)9-15(19)20/h1-2,5-6,16H,3-4,7-11H2,(H,19,20). The Labute approximate surface area is 118 Å². The van der Waals surface area contributed by atoms with Crippen molar-refractivity contribution in [3.8, 4) is 0 Å². The molecule has 1 aliphatic rings. The summed E-state index contributed by atoms with van der Waals surface area (Å²) in [6.45, 7) is 2.54. The Morgan fingerprint density at radius 1 is 1.15 bits per heavy atom. The Hall–Kier alpha value is -1.88. The third kappa shape index (κ3) is 4.06. The minimum atomic E-state index is -0.842. The average Bonchev–Trinajstić information content (AvgIpc) is 2.94. The summed E-state index contributed by atoms with van der Waals surface area (Å²) in [5.41, 5.74) is 1.73. The molecule has 1 saturated heterocycles. The number of nitrogens with zero attached hydrogens (tertiary/aromatic N) is 1. The van der Waals surface area contributed by atoms with Crippen LogP contribution in [0.1, 0.15) is 24.0 Å². The fourth-order valence-electron chi connectivity index (χ4n) is 2.45. The zero-order chi connectivity index (χ0) is 14.4. The van der Waals surface area contributed by atoms with Crippen LogP contribution in [0.2, 0.25) is 0 Å². The van der Waals surface area contributed by atoms with Gasteiger partial charge < -0.3 is 15.3 Å². The van der Waals surface area contributed by atoms with E-state index < -0.39 is 5.97 Å². The maximum Gasteiger partial charge on any atom is 0.307 e. The molecule has 20 heavy (non-hydrogen) atoms. The molecule has 0 atom stereocenters. The smallest absolute Gasteiger partial charge is 0.307 e. The summed E-state index contributed by atoms with van der Waals surface area (Å²) in [6, 6.07) is 7.42. The number of amides is 1. The van der Waals surface area contributed by atoms with Crippen molar-refractivity contribution in [3.05, 3.63) is 35.4 Å². The van der Waals surface area contributed by atoms with Crippen molar-refractivity contribution in [3.63, 3.8) is 0 Å². The van der Waals surface area contributed by atoms with Gasteiger partial charge in [0.1, 0.15) is 0 Å². The van der Waals surface area contributed by atoms with Gasteiger partial charge in [-0.2, -0.15) is 0 Å². The van der Waals surface area contributed by atoms with Crippen molar-refractivity contribution in [1.29, 1.82) is 0 Å². The molecular weight excluding hydrogens is 256 g/mol. The van der Waals surface area contributed by atoms with Crippen molar-refractivity contribution in [2.24, 2.45) is 0 Å². The van der Waals surface area contributed by atoms with Crippen LogP contribution in [0, 0.1) is 0 Å². The molecule has 0 aliphatic carbocycles. The Kier molecular flexibility index (Phi) is 5.12. The Morgan fingerprint density at radius 3 is 2.45 bits per heavy atom. The molecule has 1 heterocycles. The van der Waals surface area contributed by atoms with E-state index in [0.29, 0.717) is 13.1 Å². The number of likely N-dealkylation sites (tertiary alicyclic amines) is 1. The van der Waals surface area contributed by atoms with Gasteiger partial charge in [-0.1, -0.05) is 24.3 Å². The number of benzene rings is 1. The second-order valence-corrected chi connectivity index (χ2v) is 5.03. The molecule has 1 aromatic rings. The number of carboxylic acid groups (broad SMARTS) is 1. The lowest BCUT2D eigenvalue weighted by Crippen LogP contribution is -2.36. The fraction of sp³-hybridized carbons (Fsp3) is 0.467. The number of nitrogens with one attached hydrogen (secondary N) is 1. The van der Waals surface area contributed by atoms with E-state index in [1.165, 1.54) is 0 Å². The molecule has 0 radical (unpaired) electrons. The van der Waals surface area contributed by atoms with Gasteiger partial charge in [-0.25, -0.2) is 0 Å². The van der Waals surface area contributed by atoms with Crippen molar-refractivity contribution < 1.29 is 14.7 Å². The number of carbonyl (C=O) groups excluding carboxylic acids is 1. The normalized spacial score (nSPS) is 14.5. The van der Waals surface area contributed by atoms with E-state index >= 15 is 0 Å². The number of carboxylic acids is 1. The van der Waals surface area contributed by atoms with E-state index in [0.717, 1.165) is 37.1 Å². The van der Waals surface area contributed by atoms with Crippen LogP contribution in [0.25, 0.3) is 0 Å². The first kappa shape index (κ1) is 14.5. The van der Waals surface area contributed by atoms with Crippen LogP contribution in [0.15, 0.2) is 24.3 Å². The third-order valence-corrected chi connectivity index (χ3v) is 3.51. The SMILES string of the molecule is O=C(O)Cc1ccccc1CNCC(=O)N1CCCC1. The Bertz CT molecular complexity index is 482. The fourth-order valence-corrected chi connectivity index (χ4v) is 2.45. The maximum absolute atomic E-state index is 11.9. The summed E-state index contributed by atoms with van der Waals surface area (Å²) in [4.78, 5) is 24.5. The Balaban J connectivity index is 1.84. The largest absolute Gasteiger partial charge is 0.481 e. The summed E-state index contributed by atoms with van der Waals surface area (Å²) < 4.78 is 0. The van der Waals surface area contributed by atoms with Gasteiger partial charge in [0.2, 0.25) is 5.91 Å². The van der Waals surface area contributed by atoms with E-state index in [2.05, 4.69) is 5.32 Å². The molecule has 0 aromatic heterocycles. The van der Waals surface area contributed by atoms with E-state index in [9.17, 15) is 9.59 Å². The first-order chi connectivity index (χ1) is 9.66. The molecule has 1 aliphatic heterocycles. The van der Waals surface area contributed by atoms with Crippen LogP contribution >= 0.6 is 0 Å². The van der Waals surface area contributed by atoms with Crippen LogP contribution in [0.3, 0.4) is 0 Å². The predicted octanol–water partition coefficient (Wildman–Crippen LogP) is 1.03. The molecular formula is C15H20N2O3. The van der Waals surface area contributed by atoms with Crippen LogP contribution in [-0.2, 0) is 22.6 Å². The van der Waals surface area contributed by atoms with Gasteiger partial charge >= 0.3 is 5.97 Å². The van der Waals surface area contributed by atoms with Gasteiger partial charge in [0, 0.05) is 19.6 Å². The molecule has 0 bridgehead atoms. The number of aliphatic carboxylic acids is 1. The topological polar surface area (TPSA) is 69.6 Å². The molecule has 1 fully saturated rings. The quantitative estimate of drug-likeness (QED) is 0.814. The lowest BCUT2D eigenvalue weighted by atomic mass is 10.0. The van der Waals surface area contributed by atoms with Crippen LogP contribution in [0.4, 0.5) is 0 Å². The van der Waals surface area contributed by atoms with E-state index in [4.69, 9.17) is 5.11 Å².